The fourth-order valence-electron chi connectivity index (χ4n) is 0.885. The monoisotopic (exact) mass is 169 g/mol. The maximum atomic E-state index is 11.0. The molecule has 0 radical (unpaired) electrons. The first-order valence-corrected chi connectivity index (χ1v) is 3.65. The van der Waals surface area contributed by atoms with Gasteiger partial charge in [0.2, 0.25) is 5.76 Å². The van der Waals surface area contributed by atoms with Gasteiger partial charge in [0, 0.05) is 12.5 Å². The highest BCUT2D eigenvalue weighted by molar-refractivity contribution is 5.91. The van der Waals surface area contributed by atoms with Gasteiger partial charge in [0.15, 0.2) is 0 Å². The molecule has 1 aromatic rings. The first kappa shape index (κ1) is 8.64. The predicted molar refractivity (Wildman–Crippen MR) is 43.8 cm³/mol. The van der Waals surface area contributed by atoms with E-state index >= 15 is 0 Å². The molecule has 0 aliphatic carbocycles. The SMILES string of the molecule is CCc1cc(N)c(C(=O)OC)o1. The van der Waals surface area contributed by atoms with E-state index in [1.54, 1.807) is 6.07 Å². The normalized spacial score (nSPS) is 9.83. The van der Waals surface area contributed by atoms with Crippen molar-refractivity contribution in [3.63, 3.8) is 0 Å². The Morgan fingerprint density at radius 1 is 1.75 bits per heavy atom. The molecule has 12 heavy (non-hydrogen) atoms. The van der Waals surface area contributed by atoms with Crippen LogP contribution in [0.2, 0.25) is 0 Å². The zero-order valence-corrected chi connectivity index (χ0v) is 7.09. The lowest BCUT2D eigenvalue weighted by Gasteiger charge is -1.94. The van der Waals surface area contributed by atoms with Gasteiger partial charge in [0.25, 0.3) is 0 Å². The molecular weight excluding hydrogens is 158 g/mol. The third-order valence-electron chi connectivity index (χ3n) is 1.53. The van der Waals surface area contributed by atoms with Gasteiger partial charge >= 0.3 is 5.97 Å². The van der Waals surface area contributed by atoms with Crippen LogP contribution in [0.1, 0.15) is 23.2 Å². The molecule has 0 aromatic carbocycles. The lowest BCUT2D eigenvalue weighted by molar-refractivity contribution is 0.0565. The Balaban J connectivity index is 2.99. The van der Waals surface area contributed by atoms with Gasteiger partial charge in [-0.15, -0.1) is 0 Å². The van der Waals surface area contributed by atoms with Crippen molar-refractivity contribution in [2.24, 2.45) is 0 Å². The van der Waals surface area contributed by atoms with E-state index in [4.69, 9.17) is 10.2 Å². The summed E-state index contributed by atoms with van der Waals surface area (Å²) in [6.07, 6.45) is 0.710. The summed E-state index contributed by atoms with van der Waals surface area (Å²) in [5, 5.41) is 0. The fourth-order valence-corrected chi connectivity index (χ4v) is 0.885. The van der Waals surface area contributed by atoms with Crippen molar-refractivity contribution in [3.8, 4) is 0 Å². The van der Waals surface area contributed by atoms with Crippen molar-refractivity contribution < 1.29 is 13.9 Å². The highest BCUT2D eigenvalue weighted by atomic mass is 16.5. The summed E-state index contributed by atoms with van der Waals surface area (Å²) in [6, 6.07) is 1.63. The number of aryl methyl sites for hydroxylation is 1. The van der Waals surface area contributed by atoms with Gasteiger partial charge in [-0.1, -0.05) is 6.92 Å². The second-order valence-corrected chi connectivity index (χ2v) is 2.34. The number of ether oxygens (including phenoxy) is 1. The fraction of sp³-hybridized carbons (Fsp3) is 0.375. The van der Waals surface area contributed by atoms with Gasteiger partial charge < -0.3 is 14.9 Å². The van der Waals surface area contributed by atoms with Crippen molar-refractivity contribution in [1.82, 2.24) is 0 Å². The molecular formula is C8H11NO3. The molecule has 1 heterocycles. The Hall–Kier alpha value is -1.45. The van der Waals surface area contributed by atoms with Crippen LogP contribution in [0.3, 0.4) is 0 Å². The summed E-state index contributed by atoms with van der Waals surface area (Å²) in [7, 11) is 1.29. The molecule has 2 N–H and O–H groups in total. The van der Waals surface area contributed by atoms with Gasteiger partial charge in [0.05, 0.1) is 12.8 Å². The minimum Gasteiger partial charge on any atom is -0.463 e. The molecule has 4 nitrogen and oxygen atoms in total. The zero-order chi connectivity index (χ0) is 9.14. The summed E-state index contributed by atoms with van der Waals surface area (Å²) >= 11 is 0. The van der Waals surface area contributed by atoms with Gasteiger partial charge in [-0.05, 0) is 0 Å². The van der Waals surface area contributed by atoms with E-state index in [1.807, 2.05) is 6.92 Å². The molecule has 0 aliphatic rings. The number of rotatable bonds is 2. The van der Waals surface area contributed by atoms with Crippen LogP contribution < -0.4 is 5.73 Å². The van der Waals surface area contributed by atoms with Crippen molar-refractivity contribution >= 4 is 11.7 Å². The molecule has 1 aromatic heterocycles. The number of anilines is 1. The van der Waals surface area contributed by atoms with Crippen LogP contribution in [-0.2, 0) is 11.2 Å². The number of furan rings is 1. The van der Waals surface area contributed by atoms with Crippen LogP contribution >= 0.6 is 0 Å². The van der Waals surface area contributed by atoms with Crippen molar-refractivity contribution in [2.45, 2.75) is 13.3 Å². The van der Waals surface area contributed by atoms with Crippen LogP contribution in [-0.4, -0.2) is 13.1 Å². The van der Waals surface area contributed by atoms with Crippen LogP contribution in [0.5, 0.6) is 0 Å². The lowest BCUT2D eigenvalue weighted by atomic mass is 10.3. The van der Waals surface area contributed by atoms with Gasteiger partial charge in [-0.25, -0.2) is 4.79 Å². The van der Waals surface area contributed by atoms with E-state index < -0.39 is 5.97 Å². The van der Waals surface area contributed by atoms with E-state index in [-0.39, 0.29) is 5.76 Å². The maximum Gasteiger partial charge on any atom is 0.376 e. The molecule has 0 bridgehead atoms. The first-order valence-electron chi connectivity index (χ1n) is 3.65. The molecule has 4 heteroatoms. The lowest BCUT2D eigenvalue weighted by Crippen LogP contribution is -2.02. The number of carbonyl (C=O) groups is 1. The van der Waals surface area contributed by atoms with Crippen LogP contribution in [0.15, 0.2) is 10.5 Å². The number of methoxy groups -OCH3 is 1. The number of hydrogen-bond donors (Lipinski definition) is 1. The van der Waals surface area contributed by atoms with Crippen LogP contribution in [0.25, 0.3) is 0 Å². The molecule has 0 saturated carbocycles. The largest absolute Gasteiger partial charge is 0.463 e. The van der Waals surface area contributed by atoms with Gasteiger partial charge in [-0.3, -0.25) is 0 Å². The van der Waals surface area contributed by atoms with Gasteiger partial charge in [-0.2, -0.15) is 0 Å². The van der Waals surface area contributed by atoms with Crippen molar-refractivity contribution in [1.29, 1.82) is 0 Å². The second-order valence-electron chi connectivity index (χ2n) is 2.34. The van der Waals surface area contributed by atoms with E-state index in [0.29, 0.717) is 17.9 Å². The molecule has 0 aliphatic heterocycles. The molecule has 66 valence electrons. The Bertz CT molecular complexity index is 290. The Morgan fingerprint density at radius 2 is 2.42 bits per heavy atom. The van der Waals surface area contributed by atoms with Crippen LogP contribution in [0, 0.1) is 0 Å². The molecule has 0 spiro atoms. The summed E-state index contributed by atoms with van der Waals surface area (Å²) in [5.74, 6) is 0.245. The van der Waals surface area contributed by atoms with Crippen LogP contribution in [0.4, 0.5) is 5.69 Å². The number of carbonyl (C=O) groups excluding carboxylic acids is 1. The number of nitrogens with two attached hydrogens (primary N) is 1. The first-order chi connectivity index (χ1) is 5.69. The van der Waals surface area contributed by atoms with Crippen molar-refractivity contribution in [2.75, 3.05) is 12.8 Å². The maximum absolute atomic E-state index is 11.0. The Morgan fingerprint density at radius 3 is 2.83 bits per heavy atom. The van der Waals surface area contributed by atoms with Gasteiger partial charge in [0.1, 0.15) is 5.76 Å². The number of nitrogen functional groups attached to an aromatic ring is 1. The van der Waals surface area contributed by atoms with Crippen molar-refractivity contribution in [3.05, 3.63) is 17.6 Å². The molecule has 0 saturated heterocycles. The number of hydrogen-bond acceptors (Lipinski definition) is 4. The summed E-state index contributed by atoms with van der Waals surface area (Å²) in [4.78, 5) is 11.0. The third kappa shape index (κ3) is 1.42. The zero-order valence-electron chi connectivity index (χ0n) is 7.09. The minimum atomic E-state index is -0.535. The molecule has 0 unspecified atom stereocenters. The third-order valence-corrected chi connectivity index (χ3v) is 1.53. The second kappa shape index (κ2) is 3.30. The Kier molecular flexibility index (Phi) is 2.38. The number of esters is 1. The predicted octanol–water partition coefficient (Wildman–Crippen LogP) is 1.21. The summed E-state index contributed by atoms with van der Waals surface area (Å²) < 4.78 is 9.58. The Labute approximate surface area is 70.3 Å². The highest BCUT2D eigenvalue weighted by Crippen LogP contribution is 2.18. The minimum absolute atomic E-state index is 0.0920. The average molecular weight is 169 g/mol. The van der Waals surface area contributed by atoms with E-state index in [1.165, 1.54) is 7.11 Å². The molecule has 0 atom stereocenters. The van der Waals surface area contributed by atoms with E-state index in [9.17, 15) is 4.79 Å². The molecule has 0 fully saturated rings. The topological polar surface area (TPSA) is 65.5 Å². The smallest absolute Gasteiger partial charge is 0.376 e. The molecule has 0 amide bonds. The molecule has 1 rings (SSSR count). The summed E-state index contributed by atoms with van der Waals surface area (Å²) in [6.45, 7) is 1.92. The quantitative estimate of drug-likeness (QED) is 0.676. The average Bonchev–Trinajstić information content (AvgIpc) is 2.45. The summed E-state index contributed by atoms with van der Waals surface area (Å²) in [5.41, 5.74) is 5.83. The highest BCUT2D eigenvalue weighted by Gasteiger charge is 2.15. The standard InChI is InChI=1S/C8H11NO3/c1-3-5-4-6(9)7(12-5)8(10)11-2/h4H,3,9H2,1-2H3. The van der Waals surface area contributed by atoms with E-state index in [2.05, 4.69) is 4.74 Å². The van der Waals surface area contributed by atoms with E-state index in [0.717, 1.165) is 0 Å².